The van der Waals surface area contributed by atoms with Crippen LogP contribution in [0.5, 0.6) is 0 Å². The van der Waals surface area contributed by atoms with E-state index in [2.05, 4.69) is 34.5 Å². The van der Waals surface area contributed by atoms with E-state index in [1.807, 2.05) is 42.5 Å². The molecule has 3 heteroatoms. The second-order valence-electron chi connectivity index (χ2n) is 4.26. The van der Waals surface area contributed by atoms with Crippen molar-refractivity contribution in [2.75, 3.05) is 0 Å². The van der Waals surface area contributed by atoms with Gasteiger partial charge < -0.3 is 0 Å². The molecule has 0 aromatic heterocycles. The molecule has 2 nitrogen and oxygen atoms in total. The van der Waals surface area contributed by atoms with E-state index in [1.54, 1.807) is 16.9 Å². The van der Waals surface area contributed by atoms with E-state index in [9.17, 15) is 0 Å². The standard InChI is InChI=1S/C16H13AsN2/c17-15-10-11-16(14-9-5-4-8-13(14)15)19-18-12-6-2-1-3-7-12/h1-11H,17H2. The van der Waals surface area contributed by atoms with E-state index in [4.69, 9.17) is 0 Å². The maximum absolute atomic E-state index is 4.38. The fourth-order valence-corrected chi connectivity index (χ4v) is 2.73. The molecule has 0 radical (unpaired) electrons. The molecule has 0 fully saturated rings. The van der Waals surface area contributed by atoms with Gasteiger partial charge in [-0.15, -0.1) is 0 Å². The molecule has 0 aliphatic heterocycles. The van der Waals surface area contributed by atoms with E-state index in [0.717, 1.165) is 16.8 Å². The summed E-state index contributed by atoms with van der Waals surface area (Å²) in [5, 5.41) is 11.1. The molecule has 3 aromatic rings. The SMILES string of the molecule is [AsH2]c1ccc(N=Nc2ccccc2)c2ccccc12. The molecule has 1 unspecified atom stereocenters. The third-order valence-corrected chi connectivity index (χ3v) is 4.02. The van der Waals surface area contributed by atoms with Crippen LogP contribution in [0.25, 0.3) is 10.8 Å². The average Bonchev–Trinajstić information content (AvgIpc) is 2.48. The van der Waals surface area contributed by atoms with Gasteiger partial charge in [-0.2, -0.15) is 0 Å². The van der Waals surface area contributed by atoms with Crippen LogP contribution in [0.3, 0.4) is 0 Å². The Morgan fingerprint density at radius 2 is 1.32 bits per heavy atom. The van der Waals surface area contributed by atoms with Crippen molar-refractivity contribution in [1.29, 1.82) is 0 Å². The van der Waals surface area contributed by atoms with Crippen molar-refractivity contribution >= 4 is 43.4 Å². The Hall–Kier alpha value is -1.92. The van der Waals surface area contributed by atoms with Gasteiger partial charge in [-0.25, -0.2) is 0 Å². The number of hydrogen-bond acceptors (Lipinski definition) is 2. The molecule has 3 rings (SSSR count). The summed E-state index contributed by atoms with van der Waals surface area (Å²) < 4.78 is 1.32. The monoisotopic (exact) mass is 308 g/mol. The van der Waals surface area contributed by atoms with Crippen molar-refractivity contribution in [3.8, 4) is 0 Å². The van der Waals surface area contributed by atoms with Crippen LogP contribution in [0, 0.1) is 0 Å². The van der Waals surface area contributed by atoms with Gasteiger partial charge in [-0.1, -0.05) is 0 Å². The van der Waals surface area contributed by atoms with Crippen LogP contribution in [0.4, 0.5) is 11.4 Å². The first-order chi connectivity index (χ1) is 9.34. The van der Waals surface area contributed by atoms with Gasteiger partial charge in [0.1, 0.15) is 0 Å². The van der Waals surface area contributed by atoms with Gasteiger partial charge >= 0.3 is 120 Å². The van der Waals surface area contributed by atoms with Gasteiger partial charge in [0, 0.05) is 0 Å². The average molecular weight is 308 g/mol. The first kappa shape index (κ1) is 12.1. The van der Waals surface area contributed by atoms with Gasteiger partial charge in [-0.3, -0.25) is 0 Å². The molecule has 0 aliphatic rings. The number of hydrogen-bond donors (Lipinski definition) is 0. The molecular formula is C16H13AsN2. The molecule has 0 saturated carbocycles. The summed E-state index contributed by atoms with van der Waals surface area (Å²) >= 11 is 1.63. The molecule has 0 bridgehead atoms. The molecule has 92 valence electrons. The molecule has 3 aromatic carbocycles. The summed E-state index contributed by atoms with van der Waals surface area (Å²) in [7, 11) is 0. The van der Waals surface area contributed by atoms with E-state index in [1.165, 1.54) is 9.74 Å². The molecule has 19 heavy (non-hydrogen) atoms. The summed E-state index contributed by atoms with van der Waals surface area (Å²) in [4.78, 5) is 0. The molecule has 0 saturated heterocycles. The van der Waals surface area contributed by atoms with E-state index in [0.29, 0.717) is 0 Å². The zero-order valence-electron chi connectivity index (χ0n) is 10.3. The number of nitrogens with zero attached hydrogens (tertiary/aromatic N) is 2. The van der Waals surface area contributed by atoms with Crippen molar-refractivity contribution in [1.82, 2.24) is 0 Å². The quantitative estimate of drug-likeness (QED) is 0.511. The number of benzene rings is 3. The first-order valence-electron chi connectivity index (χ1n) is 6.08. The fraction of sp³-hybridized carbons (Fsp3) is 0. The summed E-state index contributed by atoms with van der Waals surface area (Å²) in [6.45, 7) is 0. The van der Waals surface area contributed by atoms with E-state index >= 15 is 0 Å². The fourth-order valence-electron chi connectivity index (χ4n) is 2.00. The second-order valence-corrected chi connectivity index (χ2v) is 5.56. The number of rotatable bonds is 2. The van der Waals surface area contributed by atoms with Crippen molar-refractivity contribution in [3.05, 3.63) is 66.7 Å². The predicted octanol–water partition coefficient (Wildman–Crippen LogP) is 3.51. The molecule has 0 aliphatic carbocycles. The second kappa shape index (κ2) is 5.38. The molecule has 0 heterocycles. The minimum atomic E-state index is 0.872. The Kier molecular flexibility index (Phi) is 3.43. The molecule has 1 atom stereocenters. The minimum absolute atomic E-state index is 0.872. The summed E-state index contributed by atoms with van der Waals surface area (Å²) in [6.07, 6.45) is 0. The van der Waals surface area contributed by atoms with Crippen LogP contribution in [-0.4, -0.2) is 16.9 Å². The van der Waals surface area contributed by atoms with Gasteiger partial charge in [0.05, 0.1) is 0 Å². The van der Waals surface area contributed by atoms with Crippen LogP contribution >= 0.6 is 0 Å². The Morgan fingerprint density at radius 1 is 0.632 bits per heavy atom. The van der Waals surface area contributed by atoms with Crippen molar-refractivity contribution in [3.63, 3.8) is 0 Å². The van der Waals surface area contributed by atoms with Gasteiger partial charge in [0.25, 0.3) is 0 Å². The molecule has 0 amide bonds. The Balaban J connectivity index is 2.07. The van der Waals surface area contributed by atoms with Gasteiger partial charge in [0.2, 0.25) is 0 Å². The number of fused-ring (bicyclic) bond motifs is 1. The Bertz CT molecular complexity index is 736. The van der Waals surface area contributed by atoms with Crippen LogP contribution in [0.15, 0.2) is 77.0 Å². The van der Waals surface area contributed by atoms with E-state index < -0.39 is 0 Å². The predicted molar refractivity (Wildman–Crippen MR) is 82.7 cm³/mol. The van der Waals surface area contributed by atoms with Crippen molar-refractivity contribution in [2.45, 2.75) is 0 Å². The summed E-state index contributed by atoms with van der Waals surface area (Å²) in [6, 6.07) is 22.3. The number of azo groups is 1. The first-order valence-corrected chi connectivity index (χ1v) is 7.30. The van der Waals surface area contributed by atoms with Crippen molar-refractivity contribution < 1.29 is 0 Å². The Labute approximate surface area is 120 Å². The van der Waals surface area contributed by atoms with E-state index in [-0.39, 0.29) is 0 Å². The summed E-state index contributed by atoms with van der Waals surface area (Å²) in [5.74, 6) is 0. The third-order valence-electron chi connectivity index (χ3n) is 2.96. The topological polar surface area (TPSA) is 24.7 Å². The van der Waals surface area contributed by atoms with Crippen molar-refractivity contribution in [2.24, 2.45) is 10.2 Å². The zero-order chi connectivity index (χ0) is 13.1. The normalized spacial score (nSPS) is 11.2. The van der Waals surface area contributed by atoms with Gasteiger partial charge in [-0.05, 0) is 0 Å². The zero-order valence-corrected chi connectivity index (χ0v) is 12.7. The third kappa shape index (κ3) is 2.59. The molecule has 0 spiro atoms. The van der Waals surface area contributed by atoms with Crippen LogP contribution in [0.2, 0.25) is 0 Å². The van der Waals surface area contributed by atoms with Gasteiger partial charge in [0.15, 0.2) is 0 Å². The molecule has 0 N–H and O–H groups in total. The molecular weight excluding hydrogens is 295 g/mol. The summed E-state index contributed by atoms with van der Waals surface area (Å²) in [5.41, 5.74) is 1.79. The van der Waals surface area contributed by atoms with Crippen LogP contribution < -0.4 is 4.35 Å². The van der Waals surface area contributed by atoms with Crippen LogP contribution in [-0.2, 0) is 0 Å². The van der Waals surface area contributed by atoms with Crippen LogP contribution in [0.1, 0.15) is 0 Å². The Morgan fingerprint density at radius 3 is 2.11 bits per heavy atom. The maximum atomic E-state index is 4.38.